The van der Waals surface area contributed by atoms with Gasteiger partial charge in [0.15, 0.2) is 24.7 Å². The molecule has 38 heavy (non-hydrogen) atoms. The number of nitriles is 1. The first-order chi connectivity index (χ1) is 17.8. The molecule has 202 valence electrons. The number of amides is 2. The van der Waals surface area contributed by atoms with E-state index in [4.69, 9.17) is 16.0 Å². The van der Waals surface area contributed by atoms with Crippen molar-refractivity contribution in [2.75, 3.05) is 34.9 Å². The number of anilines is 3. The number of rotatable bonds is 10. The predicted octanol–water partition coefficient (Wildman–Crippen LogP) is 7.39. The van der Waals surface area contributed by atoms with Crippen LogP contribution in [0.3, 0.4) is 0 Å². The maximum Gasteiger partial charge on any atom is 0.269 e. The van der Waals surface area contributed by atoms with Crippen LogP contribution in [0.1, 0.15) is 40.1 Å². The summed E-state index contributed by atoms with van der Waals surface area (Å²) in [6.45, 7) is 11.8. The monoisotopic (exact) mass is 607 g/mol. The third-order valence-corrected chi connectivity index (χ3v) is 14.0. The van der Waals surface area contributed by atoms with Crippen LogP contribution in [0.5, 0.6) is 0 Å². The molecule has 13 heteroatoms. The molecule has 2 amide bonds. The summed E-state index contributed by atoms with van der Waals surface area (Å²) in [7, 11) is -1.90. The third-order valence-electron chi connectivity index (χ3n) is 6.16. The first kappa shape index (κ1) is 30.1. The van der Waals surface area contributed by atoms with Crippen LogP contribution in [0.15, 0.2) is 40.7 Å². The largest absolute Gasteiger partial charge is 0.415 e. The number of thiazole rings is 1. The van der Waals surface area contributed by atoms with Crippen LogP contribution in [0.25, 0.3) is 0 Å². The van der Waals surface area contributed by atoms with E-state index in [0.29, 0.717) is 38.1 Å². The Morgan fingerprint density at radius 2 is 1.82 bits per heavy atom. The van der Waals surface area contributed by atoms with Gasteiger partial charge in [-0.1, -0.05) is 44.1 Å². The van der Waals surface area contributed by atoms with Crippen molar-refractivity contribution in [3.63, 3.8) is 0 Å². The van der Waals surface area contributed by atoms with Crippen LogP contribution in [0.4, 0.5) is 17.2 Å². The lowest BCUT2D eigenvalue weighted by molar-refractivity contribution is 0.102. The molecule has 2 aromatic heterocycles. The summed E-state index contributed by atoms with van der Waals surface area (Å²) < 4.78 is 7.34. The highest BCUT2D eigenvalue weighted by molar-refractivity contribution is 8.00. The number of carbonyl (C=O) groups excluding carboxylic acids is 2. The molecular weight excluding hydrogens is 578 g/mol. The van der Waals surface area contributed by atoms with E-state index in [0.717, 1.165) is 11.3 Å². The van der Waals surface area contributed by atoms with Crippen LogP contribution in [-0.4, -0.2) is 44.5 Å². The smallest absolute Gasteiger partial charge is 0.269 e. The Kier molecular flexibility index (Phi) is 10.0. The average Bonchev–Trinajstić information content (AvgIpc) is 3.48. The number of thiophene rings is 1. The molecule has 0 saturated heterocycles. The fourth-order valence-electron chi connectivity index (χ4n) is 2.99. The first-order valence-corrected chi connectivity index (χ1v) is 17.8. The third kappa shape index (κ3) is 7.59. The van der Waals surface area contributed by atoms with Crippen molar-refractivity contribution in [1.29, 1.82) is 5.26 Å². The van der Waals surface area contributed by atoms with E-state index in [1.54, 1.807) is 41.3 Å². The zero-order chi connectivity index (χ0) is 28.1. The summed E-state index contributed by atoms with van der Waals surface area (Å²) >= 11 is 9.66. The number of thioether (sulfide) groups is 1. The molecule has 3 rings (SSSR count). The molecule has 0 unspecified atom stereocenters. The van der Waals surface area contributed by atoms with Gasteiger partial charge in [0.2, 0.25) is 0 Å². The van der Waals surface area contributed by atoms with Gasteiger partial charge in [0.05, 0.1) is 28.1 Å². The minimum Gasteiger partial charge on any atom is -0.415 e. The molecule has 0 aliphatic rings. The fraction of sp³-hybridized carbons (Fsp3) is 0.360. The highest BCUT2D eigenvalue weighted by Crippen LogP contribution is 2.36. The Morgan fingerprint density at radius 3 is 2.37 bits per heavy atom. The van der Waals surface area contributed by atoms with Gasteiger partial charge in [-0.3, -0.25) is 14.5 Å². The van der Waals surface area contributed by atoms with Gasteiger partial charge in [-0.15, -0.1) is 22.7 Å². The van der Waals surface area contributed by atoms with E-state index in [2.05, 4.69) is 55.7 Å². The normalized spacial score (nSPS) is 11.6. The zero-order valence-corrected chi connectivity index (χ0v) is 26.3. The SMILES string of the molecule is CSc1nc(NC(=O)c2ccc(Cl)s2)c(C(=O)Nc2ccc(N(C#N)CCO[Si](C)(C)C(C)(C)C)cc2)s1. The van der Waals surface area contributed by atoms with Gasteiger partial charge in [-0.25, -0.2) is 4.98 Å². The van der Waals surface area contributed by atoms with Crippen molar-refractivity contribution in [2.45, 2.75) is 43.2 Å². The Labute approximate surface area is 241 Å². The molecule has 0 saturated carbocycles. The Balaban J connectivity index is 1.66. The van der Waals surface area contributed by atoms with Crippen molar-refractivity contribution >= 4 is 83.4 Å². The van der Waals surface area contributed by atoms with Crippen LogP contribution < -0.4 is 15.5 Å². The van der Waals surface area contributed by atoms with Crippen molar-refractivity contribution in [3.05, 3.63) is 50.5 Å². The van der Waals surface area contributed by atoms with Gasteiger partial charge >= 0.3 is 0 Å². The van der Waals surface area contributed by atoms with Gasteiger partial charge in [0, 0.05) is 5.69 Å². The zero-order valence-electron chi connectivity index (χ0n) is 22.0. The number of carbonyl (C=O) groups is 2. The highest BCUT2D eigenvalue weighted by Gasteiger charge is 2.37. The molecule has 8 nitrogen and oxygen atoms in total. The van der Waals surface area contributed by atoms with E-state index in [-0.39, 0.29) is 21.6 Å². The summed E-state index contributed by atoms with van der Waals surface area (Å²) in [5.74, 6) is -0.581. The summed E-state index contributed by atoms with van der Waals surface area (Å²) in [6.07, 6.45) is 4.05. The van der Waals surface area contributed by atoms with E-state index in [9.17, 15) is 14.9 Å². The molecule has 3 aromatic rings. The molecule has 0 atom stereocenters. The quantitative estimate of drug-likeness (QED) is 0.107. The van der Waals surface area contributed by atoms with Crippen molar-refractivity contribution in [2.24, 2.45) is 0 Å². The summed E-state index contributed by atoms with van der Waals surface area (Å²) in [5.41, 5.74) is 1.25. The summed E-state index contributed by atoms with van der Waals surface area (Å²) in [4.78, 5) is 32.3. The van der Waals surface area contributed by atoms with Crippen LogP contribution in [0, 0.1) is 11.5 Å². The number of nitrogens with one attached hydrogen (secondary N) is 2. The van der Waals surface area contributed by atoms with E-state index < -0.39 is 14.2 Å². The lowest BCUT2D eigenvalue weighted by atomic mass is 10.2. The topological polar surface area (TPSA) is 107 Å². The molecular formula is C25H30ClN5O3S3Si. The van der Waals surface area contributed by atoms with Gasteiger partial charge in [0.25, 0.3) is 11.8 Å². The predicted molar refractivity (Wildman–Crippen MR) is 162 cm³/mol. The summed E-state index contributed by atoms with van der Waals surface area (Å²) in [5, 5.41) is 15.3. The van der Waals surface area contributed by atoms with Crippen LogP contribution in [0.2, 0.25) is 22.5 Å². The lowest BCUT2D eigenvalue weighted by Crippen LogP contribution is -2.42. The molecule has 0 fully saturated rings. The van der Waals surface area contributed by atoms with Crippen molar-refractivity contribution in [3.8, 4) is 6.19 Å². The lowest BCUT2D eigenvalue weighted by Gasteiger charge is -2.36. The van der Waals surface area contributed by atoms with Crippen molar-refractivity contribution in [1.82, 2.24) is 4.98 Å². The van der Waals surface area contributed by atoms with E-state index in [1.165, 1.54) is 23.1 Å². The fourth-order valence-corrected chi connectivity index (χ4v) is 6.38. The molecule has 0 aliphatic carbocycles. The van der Waals surface area contributed by atoms with Crippen LogP contribution >= 0.6 is 46.0 Å². The second-order valence-corrected chi connectivity index (χ2v) is 18.4. The molecule has 0 bridgehead atoms. The summed E-state index contributed by atoms with van der Waals surface area (Å²) in [6, 6.07) is 10.3. The van der Waals surface area contributed by atoms with Crippen LogP contribution in [-0.2, 0) is 4.43 Å². The van der Waals surface area contributed by atoms with E-state index in [1.807, 2.05) is 6.26 Å². The van der Waals surface area contributed by atoms with Gasteiger partial charge in [-0.2, -0.15) is 5.26 Å². The maximum atomic E-state index is 13.1. The molecule has 2 N–H and O–H groups in total. The standard InChI is InChI=1S/C25H30ClN5O3S3Si/c1-25(2,3)38(5,6)34-14-13-31(15-27)17-9-7-16(8-10-17)28-23(33)20-21(30-24(35-4)37-20)29-22(32)18-11-12-19(26)36-18/h7-12H,13-14H2,1-6H3,(H,28,33)(H,29,32). The van der Waals surface area contributed by atoms with Crippen molar-refractivity contribution < 1.29 is 14.0 Å². The number of aromatic nitrogens is 1. The number of halogens is 1. The molecule has 2 heterocycles. The van der Waals surface area contributed by atoms with Gasteiger partial charge in [-0.05, 0) is 60.8 Å². The average molecular weight is 608 g/mol. The number of benzene rings is 1. The molecule has 0 radical (unpaired) electrons. The van der Waals surface area contributed by atoms with E-state index >= 15 is 0 Å². The molecule has 1 aromatic carbocycles. The minimum absolute atomic E-state index is 0.0966. The Bertz CT molecular complexity index is 1330. The molecule has 0 spiro atoms. The second kappa shape index (κ2) is 12.6. The Hall–Kier alpha value is -2.40. The van der Waals surface area contributed by atoms with Gasteiger partial charge < -0.3 is 15.1 Å². The number of hydrogen-bond donors (Lipinski definition) is 2. The maximum absolute atomic E-state index is 13.1. The highest BCUT2D eigenvalue weighted by atomic mass is 35.5. The molecule has 0 aliphatic heterocycles. The second-order valence-electron chi connectivity index (χ2n) is 9.78. The number of hydrogen-bond acceptors (Lipinski definition) is 9. The first-order valence-electron chi connectivity index (χ1n) is 11.7. The van der Waals surface area contributed by atoms with Gasteiger partial charge in [0.1, 0.15) is 4.88 Å². The minimum atomic E-state index is -1.90. The Morgan fingerprint density at radius 1 is 1.13 bits per heavy atom. The number of nitrogens with zero attached hydrogens (tertiary/aromatic N) is 3.